The summed E-state index contributed by atoms with van der Waals surface area (Å²) in [5.74, 6) is -1.69. The number of rotatable bonds is 5. The van der Waals surface area contributed by atoms with Crippen molar-refractivity contribution in [1.82, 2.24) is 14.4 Å². The van der Waals surface area contributed by atoms with Gasteiger partial charge in [0.25, 0.3) is 0 Å². The van der Waals surface area contributed by atoms with Crippen molar-refractivity contribution in [3.05, 3.63) is 66.0 Å². The normalized spacial score (nSPS) is 11.3. The van der Waals surface area contributed by atoms with Crippen LogP contribution in [-0.2, 0) is 0 Å². The van der Waals surface area contributed by atoms with E-state index in [2.05, 4.69) is 20.0 Å². The molecular formula is C20H15F4N5O. The molecule has 4 rings (SSSR count). The maximum Gasteiger partial charge on any atom is 0.387 e. The first-order valence-corrected chi connectivity index (χ1v) is 8.73. The Hall–Kier alpha value is -3.82. The van der Waals surface area contributed by atoms with Crippen LogP contribution < -0.4 is 15.8 Å². The van der Waals surface area contributed by atoms with Crippen LogP contribution in [0.4, 0.5) is 34.8 Å². The van der Waals surface area contributed by atoms with Crippen molar-refractivity contribution >= 4 is 22.8 Å². The number of anilines is 3. The number of aromatic nitrogens is 3. The van der Waals surface area contributed by atoms with Gasteiger partial charge in [-0.2, -0.15) is 8.78 Å². The minimum Gasteiger partial charge on any atom is -0.432 e. The number of benzene rings is 1. The van der Waals surface area contributed by atoms with Gasteiger partial charge in [-0.3, -0.25) is 4.40 Å². The van der Waals surface area contributed by atoms with Gasteiger partial charge in [0.15, 0.2) is 11.6 Å². The van der Waals surface area contributed by atoms with Crippen LogP contribution in [0.2, 0.25) is 0 Å². The summed E-state index contributed by atoms with van der Waals surface area (Å²) >= 11 is 0. The maximum atomic E-state index is 14.0. The van der Waals surface area contributed by atoms with Crippen LogP contribution in [0.3, 0.4) is 0 Å². The van der Waals surface area contributed by atoms with Crippen LogP contribution in [0.25, 0.3) is 17.0 Å². The predicted octanol–water partition coefficient (Wildman–Crippen LogP) is 4.91. The van der Waals surface area contributed by atoms with Crippen LogP contribution in [0.15, 0.2) is 48.7 Å². The molecule has 0 amide bonds. The molecule has 0 saturated heterocycles. The van der Waals surface area contributed by atoms with Gasteiger partial charge >= 0.3 is 6.61 Å². The number of nitrogen functional groups attached to an aromatic ring is 1. The van der Waals surface area contributed by atoms with Crippen molar-refractivity contribution in [2.24, 2.45) is 0 Å². The minimum absolute atomic E-state index is 0.249. The molecule has 3 N–H and O–H groups in total. The third-order valence-corrected chi connectivity index (χ3v) is 4.27. The second kappa shape index (κ2) is 7.54. The number of fused-ring (bicyclic) bond motifs is 1. The molecule has 0 saturated carbocycles. The lowest BCUT2D eigenvalue weighted by Crippen LogP contribution is -2.04. The highest BCUT2D eigenvalue weighted by Crippen LogP contribution is 2.29. The number of ether oxygens (including phenoxy) is 1. The SMILES string of the molecule is Cc1nc2ccc(F)cn2c1-c1cc(N)cc(Nc2ccc(OC(F)F)c(F)c2)n1. The first-order chi connectivity index (χ1) is 14.3. The van der Waals surface area contributed by atoms with E-state index in [0.717, 1.165) is 12.1 Å². The molecule has 30 heavy (non-hydrogen) atoms. The molecule has 0 atom stereocenters. The Labute approximate surface area is 167 Å². The van der Waals surface area contributed by atoms with Gasteiger partial charge in [-0.25, -0.2) is 18.7 Å². The highest BCUT2D eigenvalue weighted by molar-refractivity contribution is 5.71. The molecule has 4 aromatic rings. The number of imidazole rings is 1. The van der Waals surface area contributed by atoms with Gasteiger partial charge in [0.2, 0.25) is 0 Å². The smallest absolute Gasteiger partial charge is 0.387 e. The zero-order valence-electron chi connectivity index (χ0n) is 15.5. The van der Waals surface area contributed by atoms with E-state index < -0.39 is 24.0 Å². The first-order valence-electron chi connectivity index (χ1n) is 8.73. The van der Waals surface area contributed by atoms with E-state index in [-0.39, 0.29) is 11.5 Å². The zero-order chi connectivity index (χ0) is 21.4. The van der Waals surface area contributed by atoms with E-state index in [1.165, 1.54) is 24.4 Å². The average Bonchev–Trinajstić information content (AvgIpc) is 2.98. The molecule has 3 aromatic heterocycles. The number of nitrogens with one attached hydrogen (secondary N) is 1. The summed E-state index contributed by atoms with van der Waals surface area (Å²) in [5.41, 5.74) is 8.72. The lowest BCUT2D eigenvalue weighted by atomic mass is 10.2. The summed E-state index contributed by atoms with van der Waals surface area (Å²) < 4.78 is 57.9. The van der Waals surface area contributed by atoms with Gasteiger partial charge in [-0.05, 0) is 37.3 Å². The highest BCUT2D eigenvalue weighted by Gasteiger charge is 2.15. The Morgan fingerprint density at radius 2 is 1.87 bits per heavy atom. The molecule has 0 radical (unpaired) electrons. The molecule has 6 nitrogen and oxygen atoms in total. The Kier molecular flexibility index (Phi) is 4.90. The van der Waals surface area contributed by atoms with E-state index in [9.17, 15) is 17.6 Å². The van der Waals surface area contributed by atoms with Crippen LogP contribution in [-0.4, -0.2) is 21.0 Å². The van der Waals surface area contributed by atoms with Gasteiger partial charge in [-0.1, -0.05) is 0 Å². The van der Waals surface area contributed by atoms with Crippen molar-refractivity contribution in [1.29, 1.82) is 0 Å². The summed E-state index contributed by atoms with van der Waals surface area (Å²) in [4.78, 5) is 8.85. The maximum absolute atomic E-state index is 14.0. The molecule has 0 aliphatic rings. The van der Waals surface area contributed by atoms with Crippen LogP contribution in [0, 0.1) is 18.6 Å². The van der Waals surface area contributed by atoms with Crippen molar-refractivity contribution in [3.63, 3.8) is 0 Å². The van der Waals surface area contributed by atoms with Crippen molar-refractivity contribution in [2.75, 3.05) is 11.1 Å². The Morgan fingerprint density at radius 1 is 1.07 bits per heavy atom. The Balaban J connectivity index is 1.71. The van der Waals surface area contributed by atoms with E-state index in [4.69, 9.17) is 5.73 Å². The van der Waals surface area contributed by atoms with Gasteiger partial charge < -0.3 is 15.8 Å². The zero-order valence-corrected chi connectivity index (χ0v) is 15.5. The van der Waals surface area contributed by atoms with Crippen LogP contribution in [0.1, 0.15) is 5.69 Å². The predicted molar refractivity (Wildman–Crippen MR) is 104 cm³/mol. The fraction of sp³-hybridized carbons (Fsp3) is 0.100. The number of nitrogens with two attached hydrogens (primary N) is 1. The molecule has 0 aliphatic carbocycles. The molecule has 10 heteroatoms. The van der Waals surface area contributed by atoms with Gasteiger partial charge in [0, 0.05) is 29.7 Å². The summed E-state index contributed by atoms with van der Waals surface area (Å²) in [6.07, 6.45) is 1.29. The standard InChI is InChI=1S/C20H15F4N5O/c1-10-19(29-9-11(21)2-5-18(29)26-10)15-6-12(25)7-17(28-15)27-13-3-4-16(14(22)8-13)30-20(23)24/h2-9,20H,1H3,(H3,25,27,28). The Bertz CT molecular complexity index is 1240. The molecule has 0 fully saturated rings. The number of halogens is 4. The van der Waals surface area contributed by atoms with Crippen molar-refractivity contribution in [2.45, 2.75) is 13.5 Å². The van der Waals surface area contributed by atoms with Gasteiger partial charge in [0.1, 0.15) is 17.3 Å². The molecule has 1 aromatic carbocycles. The first kappa shape index (κ1) is 19.5. The fourth-order valence-electron chi connectivity index (χ4n) is 3.10. The van der Waals surface area contributed by atoms with Gasteiger partial charge in [0.05, 0.1) is 17.1 Å². The van der Waals surface area contributed by atoms with E-state index >= 15 is 0 Å². The molecule has 0 spiro atoms. The van der Waals surface area contributed by atoms with Crippen LogP contribution in [0.5, 0.6) is 5.75 Å². The number of aryl methyl sites for hydroxylation is 1. The van der Waals surface area contributed by atoms with Crippen LogP contribution >= 0.6 is 0 Å². The van der Waals surface area contributed by atoms with E-state index in [1.807, 2.05) is 0 Å². The summed E-state index contributed by atoms with van der Waals surface area (Å²) in [7, 11) is 0. The lowest BCUT2D eigenvalue weighted by molar-refractivity contribution is -0.0521. The van der Waals surface area contributed by atoms with Gasteiger partial charge in [-0.15, -0.1) is 0 Å². The molecule has 154 valence electrons. The highest BCUT2D eigenvalue weighted by atomic mass is 19.3. The number of pyridine rings is 2. The average molecular weight is 417 g/mol. The molecule has 0 aliphatic heterocycles. The van der Waals surface area contributed by atoms with Crippen molar-refractivity contribution < 1.29 is 22.3 Å². The number of alkyl halides is 2. The topological polar surface area (TPSA) is 77.5 Å². The fourth-order valence-corrected chi connectivity index (χ4v) is 3.10. The summed E-state index contributed by atoms with van der Waals surface area (Å²) in [6.45, 7) is -1.37. The Morgan fingerprint density at radius 3 is 2.60 bits per heavy atom. The molecule has 0 bridgehead atoms. The molecule has 3 heterocycles. The number of hydrogen-bond donors (Lipinski definition) is 2. The second-order valence-corrected chi connectivity index (χ2v) is 6.44. The van der Waals surface area contributed by atoms with Crippen molar-refractivity contribution in [3.8, 4) is 17.1 Å². The molecule has 0 unspecified atom stereocenters. The third-order valence-electron chi connectivity index (χ3n) is 4.27. The van der Waals surface area contributed by atoms with E-state index in [0.29, 0.717) is 28.4 Å². The monoisotopic (exact) mass is 417 g/mol. The quantitative estimate of drug-likeness (QED) is 0.451. The summed E-state index contributed by atoms with van der Waals surface area (Å²) in [6, 6.07) is 9.41. The number of nitrogens with zero attached hydrogens (tertiary/aromatic N) is 3. The largest absolute Gasteiger partial charge is 0.432 e. The second-order valence-electron chi connectivity index (χ2n) is 6.44. The lowest BCUT2D eigenvalue weighted by Gasteiger charge is -2.11. The third kappa shape index (κ3) is 3.84. The van der Waals surface area contributed by atoms with E-state index in [1.54, 1.807) is 23.5 Å². The summed E-state index contributed by atoms with van der Waals surface area (Å²) in [5, 5.41) is 2.87. The minimum atomic E-state index is -3.13. The number of hydrogen-bond acceptors (Lipinski definition) is 5. The molecular weight excluding hydrogens is 402 g/mol.